The molecule has 7 nitrogen and oxygen atoms in total. The molecule has 2 aromatic rings. The quantitative estimate of drug-likeness (QED) is 0.727. The molecule has 1 saturated heterocycles. The number of hydrogen-bond donors (Lipinski definition) is 1. The highest BCUT2D eigenvalue weighted by Crippen LogP contribution is 2.30. The maximum Gasteiger partial charge on any atom is 0.317 e. The van der Waals surface area contributed by atoms with Gasteiger partial charge in [-0.2, -0.15) is 0 Å². The van der Waals surface area contributed by atoms with E-state index >= 15 is 0 Å². The van der Waals surface area contributed by atoms with Crippen LogP contribution in [-0.4, -0.2) is 59.6 Å². The average molecular weight is 425 g/mol. The first-order valence-corrected chi connectivity index (χ1v) is 11.3. The number of ether oxygens (including phenoxy) is 2. The summed E-state index contributed by atoms with van der Waals surface area (Å²) >= 11 is 0. The van der Waals surface area contributed by atoms with Crippen LogP contribution in [0.4, 0.5) is 4.79 Å². The van der Waals surface area contributed by atoms with Gasteiger partial charge in [0.2, 0.25) is 5.88 Å². The molecular weight excluding hydrogens is 392 g/mol. The number of aromatic nitrogens is 1. The fourth-order valence-electron chi connectivity index (χ4n) is 4.35. The highest BCUT2D eigenvalue weighted by molar-refractivity contribution is 5.74. The Morgan fingerprint density at radius 3 is 2.48 bits per heavy atom. The Bertz CT molecular complexity index is 844. The highest BCUT2D eigenvalue weighted by Gasteiger charge is 2.27. The molecule has 0 bridgehead atoms. The van der Waals surface area contributed by atoms with Gasteiger partial charge in [0.15, 0.2) is 11.5 Å². The molecule has 2 heterocycles. The minimum Gasteiger partial charge on any atom is -0.490 e. The smallest absolute Gasteiger partial charge is 0.317 e. The molecule has 1 N–H and O–H groups in total. The van der Waals surface area contributed by atoms with Gasteiger partial charge < -0.3 is 19.7 Å². The predicted octanol–water partition coefficient (Wildman–Crippen LogP) is 4.04. The van der Waals surface area contributed by atoms with E-state index in [0.717, 1.165) is 37.8 Å². The van der Waals surface area contributed by atoms with Gasteiger partial charge in [0.05, 0.1) is 6.61 Å². The van der Waals surface area contributed by atoms with Crippen molar-refractivity contribution in [3.63, 3.8) is 0 Å². The normalized spacial score (nSPS) is 17.5. The van der Waals surface area contributed by atoms with Crippen LogP contribution in [0.25, 0.3) is 0 Å². The Balaban J connectivity index is 1.24. The molecule has 1 aliphatic carbocycles. The topological polar surface area (TPSA) is 66.9 Å². The SMILES string of the molecule is CCOc1ccccc1Oc1ccc(CNC(=O)N2CCN(C3CCCC3)CC2)cn1. The fraction of sp³-hybridized carbons (Fsp3) is 0.500. The van der Waals surface area contributed by atoms with E-state index in [2.05, 4.69) is 15.2 Å². The largest absolute Gasteiger partial charge is 0.490 e. The Morgan fingerprint density at radius 2 is 1.81 bits per heavy atom. The Labute approximate surface area is 184 Å². The van der Waals surface area contributed by atoms with Gasteiger partial charge in [0.1, 0.15) is 0 Å². The van der Waals surface area contributed by atoms with Crippen molar-refractivity contribution < 1.29 is 14.3 Å². The number of piperazine rings is 1. The summed E-state index contributed by atoms with van der Waals surface area (Å²) in [6, 6.07) is 12.0. The van der Waals surface area contributed by atoms with Crippen molar-refractivity contribution >= 4 is 6.03 Å². The lowest BCUT2D eigenvalue weighted by molar-refractivity contribution is 0.109. The van der Waals surface area contributed by atoms with Crippen molar-refractivity contribution in [1.29, 1.82) is 0 Å². The number of pyridine rings is 1. The molecule has 4 rings (SSSR count). The highest BCUT2D eigenvalue weighted by atomic mass is 16.5. The zero-order valence-electron chi connectivity index (χ0n) is 18.3. The number of para-hydroxylation sites is 2. The van der Waals surface area contributed by atoms with E-state index in [4.69, 9.17) is 9.47 Å². The molecule has 166 valence electrons. The second-order valence-corrected chi connectivity index (χ2v) is 8.11. The maximum atomic E-state index is 12.5. The van der Waals surface area contributed by atoms with E-state index in [1.54, 1.807) is 6.20 Å². The van der Waals surface area contributed by atoms with E-state index in [-0.39, 0.29) is 6.03 Å². The Kier molecular flexibility index (Phi) is 7.25. The summed E-state index contributed by atoms with van der Waals surface area (Å²) in [5.41, 5.74) is 0.934. The summed E-state index contributed by atoms with van der Waals surface area (Å²) in [5, 5.41) is 3.02. The number of nitrogens with one attached hydrogen (secondary N) is 1. The first-order chi connectivity index (χ1) is 15.2. The van der Waals surface area contributed by atoms with Crippen LogP contribution in [0.2, 0.25) is 0 Å². The number of urea groups is 1. The van der Waals surface area contributed by atoms with Gasteiger partial charge in [-0.05, 0) is 37.5 Å². The van der Waals surface area contributed by atoms with Crippen LogP contribution in [0.3, 0.4) is 0 Å². The van der Waals surface area contributed by atoms with Gasteiger partial charge >= 0.3 is 6.03 Å². The van der Waals surface area contributed by atoms with Crippen LogP contribution in [0.1, 0.15) is 38.2 Å². The number of amides is 2. The van der Waals surface area contributed by atoms with Crippen molar-refractivity contribution in [2.24, 2.45) is 0 Å². The van der Waals surface area contributed by atoms with E-state index in [1.807, 2.05) is 48.2 Å². The lowest BCUT2D eigenvalue weighted by Crippen LogP contribution is -2.53. The number of rotatable bonds is 7. The summed E-state index contributed by atoms with van der Waals surface area (Å²) in [5.74, 6) is 1.82. The minimum atomic E-state index is -0.00274. The zero-order valence-corrected chi connectivity index (χ0v) is 18.3. The molecule has 0 unspecified atom stereocenters. The van der Waals surface area contributed by atoms with Gasteiger partial charge in [-0.1, -0.05) is 31.0 Å². The third-order valence-electron chi connectivity index (χ3n) is 6.05. The monoisotopic (exact) mass is 424 g/mol. The molecule has 0 spiro atoms. The van der Waals surface area contributed by atoms with Gasteiger partial charge in [-0.15, -0.1) is 0 Å². The van der Waals surface area contributed by atoms with Crippen molar-refractivity contribution in [1.82, 2.24) is 20.1 Å². The first-order valence-electron chi connectivity index (χ1n) is 11.3. The second kappa shape index (κ2) is 10.5. The summed E-state index contributed by atoms with van der Waals surface area (Å²) in [4.78, 5) is 21.4. The minimum absolute atomic E-state index is 0.00274. The van der Waals surface area contributed by atoms with E-state index in [1.165, 1.54) is 25.7 Å². The van der Waals surface area contributed by atoms with Crippen LogP contribution >= 0.6 is 0 Å². The van der Waals surface area contributed by atoms with Gasteiger partial charge in [0.25, 0.3) is 0 Å². The lowest BCUT2D eigenvalue weighted by Gasteiger charge is -2.38. The Morgan fingerprint density at radius 1 is 1.06 bits per heavy atom. The molecule has 7 heteroatoms. The van der Waals surface area contributed by atoms with E-state index in [0.29, 0.717) is 30.5 Å². The maximum absolute atomic E-state index is 12.5. The van der Waals surface area contributed by atoms with Crippen LogP contribution in [0.15, 0.2) is 42.6 Å². The summed E-state index contributed by atoms with van der Waals surface area (Å²) in [6.07, 6.45) is 7.06. The van der Waals surface area contributed by atoms with Crippen molar-refractivity contribution in [2.45, 2.75) is 45.2 Å². The molecule has 2 aliphatic rings. The standard InChI is InChI=1S/C24H32N4O3/c1-2-30-21-9-5-6-10-22(21)31-23-12-11-19(17-25-23)18-26-24(29)28-15-13-27(14-16-28)20-7-3-4-8-20/h5-6,9-12,17,20H,2-4,7-8,13-16,18H2,1H3,(H,26,29). The predicted molar refractivity (Wildman–Crippen MR) is 120 cm³/mol. The summed E-state index contributed by atoms with van der Waals surface area (Å²) in [6.45, 7) is 6.52. The lowest BCUT2D eigenvalue weighted by atomic mass is 10.2. The fourth-order valence-corrected chi connectivity index (χ4v) is 4.35. The van der Waals surface area contributed by atoms with Gasteiger partial charge in [-0.3, -0.25) is 4.90 Å². The molecule has 31 heavy (non-hydrogen) atoms. The Hall–Kier alpha value is -2.80. The molecule has 2 fully saturated rings. The average Bonchev–Trinajstić information content (AvgIpc) is 3.35. The first kappa shape index (κ1) is 21.4. The van der Waals surface area contributed by atoms with Crippen molar-refractivity contribution in [3.8, 4) is 17.4 Å². The molecule has 2 amide bonds. The number of benzene rings is 1. The molecule has 1 saturated carbocycles. The molecule has 1 aromatic heterocycles. The third kappa shape index (κ3) is 5.67. The van der Waals surface area contributed by atoms with Crippen molar-refractivity contribution in [2.75, 3.05) is 32.8 Å². The number of nitrogens with zero attached hydrogens (tertiary/aromatic N) is 3. The third-order valence-corrected chi connectivity index (χ3v) is 6.05. The molecular formula is C24H32N4O3. The van der Waals surface area contributed by atoms with Crippen LogP contribution < -0.4 is 14.8 Å². The van der Waals surface area contributed by atoms with E-state index in [9.17, 15) is 4.79 Å². The molecule has 1 aromatic carbocycles. The van der Waals surface area contributed by atoms with Gasteiger partial charge in [0, 0.05) is 51.0 Å². The van der Waals surface area contributed by atoms with Gasteiger partial charge in [-0.25, -0.2) is 9.78 Å². The van der Waals surface area contributed by atoms with Crippen LogP contribution in [0.5, 0.6) is 17.4 Å². The number of hydrogen-bond acceptors (Lipinski definition) is 5. The molecule has 1 aliphatic heterocycles. The van der Waals surface area contributed by atoms with E-state index < -0.39 is 0 Å². The number of carbonyl (C=O) groups is 1. The van der Waals surface area contributed by atoms with Crippen molar-refractivity contribution in [3.05, 3.63) is 48.2 Å². The van der Waals surface area contributed by atoms with Crippen LogP contribution in [-0.2, 0) is 6.54 Å². The van der Waals surface area contributed by atoms with Crippen LogP contribution in [0, 0.1) is 0 Å². The summed E-state index contributed by atoms with van der Waals surface area (Å²) < 4.78 is 11.4. The second-order valence-electron chi connectivity index (χ2n) is 8.11. The zero-order chi connectivity index (χ0) is 21.5. The number of carbonyl (C=O) groups excluding carboxylic acids is 1. The summed E-state index contributed by atoms with van der Waals surface area (Å²) in [7, 11) is 0. The molecule has 0 radical (unpaired) electrons. The molecule has 0 atom stereocenters.